The largest absolute Gasteiger partial charge is 0.319 e. The molecule has 14 heavy (non-hydrogen) atoms. The van der Waals surface area contributed by atoms with Crippen LogP contribution in [0, 0.1) is 6.92 Å². The molecule has 1 aliphatic rings. The normalized spacial score (nSPS) is 17.3. The van der Waals surface area contributed by atoms with Gasteiger partial charge in [-0.1, -0.05) is 29.8 Å². The maximum atomic E-state index is 6.11. The Balaban J connectivity index is 0.000000845. The molecule has 0 aromatic heterocycles. The third kappa shape index (κ3) is 2.39. The minimum Gasteiger partial charge on any atom is -0.319 e. The molecule has 0 aliphatic carbocycles. The van der Waals surface area contributed by atoms with E-state index < -0.39 is 0 Å². The highest BCUT2D eigenvalue weighted by atomic mass is 35.5. The topological polar surface area (TPSA) is 38.0 Å². The number of rotatable bonds is 1. The average molecular weight is 235 g/mol. The van der Waals surface area contributed by atoms with E-state index >= 15 is 0 Å². The summed E-state index contributed by atoms with van der Waals surface area (Å²) < 4.78 is 0. The zero-order valence-corrected chi connectivity index (χ0v) is 9.75. The molecule has 4 heteroatoms. The van der Waals surface area contributed by atoms with Gasteiger partial charge in [-0.25, -0.2) is 0 Å². The molecule has 80 valence electrons. The van der Waals surface area contributed by atoms with E-state index in [1.165, 1.54) is 11.1 Å². The Hall–Kier alpha value is -0.280. The summed E-state index contributed by atoms with van der Waals surface area (Å²) in [6.07, 6.45) is 0. The third-order valence-electron chi connectivity index (χ3n) is 2.51. The summed E-state index contributed by atoms with van der Waals surface area (Å²) in [5.41, 5.74) is 8.54. The van der Waals surface area contributed by atoms with Crippen LogP contribution in [0.4, 0.5) is 0 Å². The molecule has 0 radical (unpaired) electrons. The molecule has 1 aliphatic heterocycles. The molecule has 0 amide bonds. The Bertz CT molecular complexity index is 281. The minimum absolute atomic E-state index is 0. The fourth-order valence-electron chi connectivity index (χ4n) is 1.48. The first-order chi connectivity index (χ1) is 5.71. The molecule has 1 heterocycles. The van der Waals surface area contributed by atoms with Gasteiger partial charge >= 0.3 is 0 Å². The number of halogens is 2. The van der Waals surface area contributed by atoms with Gasteiger partial charge in [-0.15, -0.1) is 24.8 Å². The van der Waals surface area contributed by atoms with E-state index in [9.17, 15) is 0 Å². The van der Waals surface area contributed by atoms with Crippen molar-refractivity contribution in [3.05, 3.63) is 35.4 Å². The molecule has 0 unspecified atom stereocenters. The molecule has 2 rings (SSSR count). The van der Waals surface area contributed by atoms with Crippen molar-refractivity contribution in [3.63, 3.8) is 0 Å². The van der Waals surface area contributed by atoms with E-state index in [2.05, 4.69) is 36.5 Å². The van der Waals surface area contributed by atoms with E-state index in [-0.39, 0.29) is 30.4 Å². The number of benzene rings is 1. The van der Waals surface area contributed by atoms with Crippen LogP contribution < -0.4 is 11.1 Å². The molecule has 1 fully saturated rings. The van der Waals surface area contributed by atoms with Gasteiger partial charge in [0.25, 0.3) is 0 Å². The van der Waals surface area contributed by atoms with E-state index in [1.54, 1.807) is 0 Å². The molecular formula is C10H16Cl2N2. The molecule has 1 aromatic carbocycles. The first-order valence-electron chi connectivity index (χ1n) is 4.27. The Morgan fingerprint density at radius 2 is 1.64 bits per heavy atom. The van der Waals surface area contributed by atoms with Gasteiger partial charge in [0.1, 0.15) is 0 Å². The monoisotopic (exact) mass is 234 g/mol. The molecular weight excluding hydrogens is 219 g/mol. The Kier molecular flexibility index (Phi) is 4.89. The lowest BCUT2D eigenvalue weighted by Crippen LogP contribution is -2.62. The number of hydrogen-bond acceptors (Lipinski definition) is 2. The molecule has 0 spiro atoms. The Morgan fingerprint density at radius 3 is 2.00 bits per heavy atom. The van der Waals surface area contributed by atoms with Gasteiger partial charge in [0.15, 0.2) is 0 Å². The third-order valence-corrected chi connectivity index (χ3v) is 2.51. The van der Waals surface area contributed by atoms with E-state index in [0.29, 0.717) is 0 Å². The van der Waals surface area contributed by atoms with Gasteiger partial charge in [0, 0.05) is 13.1 Å². The molecule has 0 bridgehead atoms. The number of aryl methyl sites for hydroxylation is 1. The number of nitrogens with one attached hydrogen (secondary N) is 1. The second-order valence-corrected chi connectivity index (χ2v) is 3.63. The number of hydrogen-bond donors (Lipinski definition) is 2. The standard InChI is InChI=1S/C10H14N2.2ClH/c1-8-2-4-9(5-3-8)10(11)6-12-7-10;;/h2-5,12H,6-7,11H2,1H3;2*1H. The lowest BCUT2D eigenvalue weighted by atomic mass is 9.85. The lowest BCUT2D eigenvalue weighted by molar-refractivity contribution is 0.287. The van der Waals surface area contributed by atoms with Crippen LogP contribution in [0.25, 0.3) is 0 Å². The second kappa shape index (κ2) is 4.99. The van der Waals surface area contributed by atoms with Crippen molar-refractivity contribution in [2.75, 3.05) is 13.1 Å². The van der Waals surface area contributed by atoms with Crippen molar-refractivity contribution in [1.29, 1.82) is 0 Å². The number of nitrogens with two attached hydrogens (primary N) is 1. The summed E-state index contributed by atoms with van der Waals surface area (Å²) in [6, 6.07) is 8.47. The van der Waals surface area contributed by atoms with Crippen molar-refractivity contribution < 1.29 is 0 Å². The fraction of sp³-hybridized carbons (Fsp3) is 0.400. The molecule has 0 atom stereocenters. The van der Waals surface area contributed by atoms with Crippen LogP contribution >= 0.6 is 24.8 Å². The highest BCUT2D eigenvalue weighted by Gasteiger charge is 2.33. The van der Waals surface area contributed by atoms with Gasteiger partial charge in [-0.3, -0.25) is 0 Å². The van der Waals surface area contributed by atoms with Crippen LogP contribution in [0.3, 0.4) is 0 Å². The van der Waals surface area contributed by atoms with Crippen molar-refractivity contribution in [2.24, 2.45) is 5.73 Å². The van der Waals surface area contributed by atoms with Crippen molar-refractivity contribution in [2.45, 2.75) is 12.5 Å². The predicted molar refractivity (Wildman–Crippen MR) is 64.4 cm³/mol. The Morgan fingerprint density at radius 1 is 1.14 bits per heavy atom. The second-order valence-electron chi connectivity index (χ2n) is 3.63. The van der Waals surface area contributed by atoms with Crippen LogP contribution in [0.2, 0.25) is 0 Å². The molecule has 1 aromatic rings. The van der Waals surface area contributed by atoms with Gasteiger partial charge < -0.3 is 11.1 Å². The predicted octanol–water partition coefficient (Wildman–Crippen LogP) is 1.60. The maximum absolute atomic E-state index is 6.11. The lowest BCUT2D eigenvalue weighted by Gasteiger charge is -2.39. The van der Waals surface area contributed by atoms with Gasteiger partial charge in [-0.05, 0) is 12.5 Å². The quantitative estimate of drug-likeness (QED) is 0.775. The molecule has 2 nitrogen and oxygen atoms in total. The summed E-state index contributed by atoms with van der Waals surface area (Å²) in [5, 5.41) is 3.19. The first-order valence-corrected chi connectivity index (χ1v) is 4.27. The zero-order chi connectivity index (χ0) is 8.60. The van der Waals surface area contributed by atoms with Crippen LogP contribution in [0.1, 0.15) is 11.1 Å². The van der Waals surface area contributed by atoms with E-state index in [0.717, 1.165) is 13.1 Å². The van der Waals surface area contributed by atoms with Gasteiger partial charge in [0.2, 0.25) is 0 Å². The molecule has 3 N–H and O–H groups in total. The highest BCUT2D eigenvalue weighted by molar-refractivity contribution is 5.85. The van der Waals surface area contributed by atoms with E-state index in [1.807, 2.05) is 0 Å². The van der Waals surface area contributed by atoms with Crippen molar-refractivity contribution >= 4 is 24.8 Å². The summed E-state index contributed by atoms with van der Waals surface area (Å²) in [6.45, 7) is 3.89. The maximum Gasteiger partial charge on any atom is 0.0662 e. The summed E-state index contributed by atoms with van der Waals surface area (Å²) in [4.78, 5) is 0. The fourth-order valence-corrected chi connectivity index (χ4v) is 1.48. The first kappa shape index (κ1) is 13.7. The van der Waals surface area contributed by atoms with Gasteiger partial charge in [0.05, 0.1) is 5.54 Å². The van der Waals surface area contributed by atoms with Crippen LogP contribution in [-0.2, 0) is 5.54 Å². The minimum atomic E-state index is -0.103. The smallest absolute Gasteiger partial charge is 0.0662 e. The zero-order valence-electron chi connectivity index (χ0n) is 8.12. The summed E-state index contributed by atoms with van der Waals surface area (Å²) in [7, 11) is 0. The molecule has 1 saturated heterocycles. The Labute approximate surface area is 97.1 Å². The highest BCUT2D eigenvalue weighted by Crippen LogP contribution is 2.22. The van der Waals surface area contributed by atoms with Crippen LogP contribution in [0.15, 0.2) is 24.3 Å². The SMILES string of the molecule is Cc1ccc(C2(N)CNC2)cc1.Cl.Cl. The molecule has 0 saturated carbocycles. The van der Waals surface area contributed by atoms with Crippen LogP contribution in [-0.4, -0.2) is 13.1 Å². The average Bonchev–Trinajstić information content (AvgIpc) is 2.02. The summed E-state index contributed by atoms with van der Waals surface area (Å²) >= 11 is 0. The van der Waals surface area contributed by atoms with Crippen molar-refractivity contribution in [3.8, 4) is 0 Å². The summed E-state index contributed by atoms with van der Waals surface area (Å²) in [5.74, 6) is 0. The van der Waals surface area contributed by atoms with E-state index in [4.69, 9.17) is 5.73 Å². The van der Waals surface area contributed by atoms with Gasteiger partial charge in [-0.2, -0.15) is 0 Å². The van der Waals surface area contributed by atoms with Crippen molar-refractivity contribution in [1.82, 2.24) is 5.32 Å². The van der Waals surface area contributed by atoms with Crippen LogP contribution in [0.5, 0.6) is 0 Å².